The van der Waals surface area contributed by atoms with Crippen molar-refractivity contribution < 1.29 is 4.42 Å². The molecule has 1 N–H and O–H groups in total. The van der Waals surface area contributed by atoms with Crippen molar-refractivity contribution in [2.45, 2.75) is 26.4 Å². The van der Waals surface area contributed by atoms with Gasteiger partial charge in [-0.1, -0.05) is 0 Å². The third-order valence-corrected chi connectivity index (χ3v) is 2.61. The SMILES string of the molecule is Cc1occc1CNC(C)c1nnnn1C. The second-order valence-corrected chi connectivity index (χ2v) is 3.77. The average Bonchev–Trinajstić information content (AvgIpc) is 2.84. The average molecular weight is 221 g/mol. The molecule has 1 atom stereocenters. The number of nitrogens with one attached hydrogen (secondary N) is 1. The fourth-order valence-electron chi connectivity index (χ4n) is 1.55. The van der Waals surface area contributed by atoms with Gasteiger partial charge in [-0.25, -0.2) is 4.68 Å². The molecule has 0 aliphatic carbocycles. The molecule has 2 aromatic heterocycles. The van der Waals surface area contributed by atoms with E-state index < -0.39 is 0 Å². The van der Waals surface area contributed by atoms with Crippen LogP contribution in [0.2, 0.25) is 0 Å². The van der Waals surface area contributed by atoms with Crippen LogP contribution >= 0.6 is 0 Å². The van der Waals surface area contributed by atoms with Gasteiger partial charge in [-0.2, -0.15) is 0 Å². The molecule has 6 heteroatoms. The molecule has 0 saturated carbocycles. The monoisotopic (exact) mass is 221 g/mol. The van der Waals surface area contributed by atoms with Gasteiger partial charge in [0.05, 0.1) is 12.3 Å². The topological polar surface area (TPSA) is 68.8 Å². The maximum absolute atomic E-state index is 5.23. The Morgan fingerprint density at radius 3 is 2.94 bits per heavy atom. The van der Waals surface area contributed by atoms with Crippen LogP contribution in [0.1, 0.15) is 30.1 Å². The van der Waals surface area contributed by atoms with E-state index in [-0.39, 0.29) is 6.04 Å². The van der Waals surface area contributed by atoms with Crippen molar-refractivity contribution in [3.63, 3.8) is 0 Å². The lowest BCUT2D eigenvalue weighted by atomic mass is 10.2. The van der Waals surface area contributed by atoms with Gasteiger partial charge in [0.2, 0.25) is 0 Å². The van der Waals surface area contributed by atoms with Crippen molar-refractivity contribution in [1.29, 1.82) is 0 Å². The van der Waals surface area contributed by atoms with Gasteiger partial charge in [0, 0.05) is 19.2 Å². The fourth-order valence-corrected chi connectivity index (χ4v) is 1.55. The molecule has 0 amide bonds. The van der Waals surface area contributed by atoms with Crippen molar-refractivity contribution >= 4 is 0 Å². The van der Waals surface area contributed by atoms with E-state index in [1.54, 1.807) is 10.9 Å². The first-order chi connectivity index (χ1) is 7.68. The predicted molar refractivity (Wildman–Crippen MR) is 57.5 cm³/mol. The van der Waals surface area contributed by atoms with Crippen LogP contribution in [0.3, 0.4) is 0 Å². The second-order valence-electron chi connectivity index (χ2n) is 3.77. The first kappa shape index (κ1) is 10.8. The van der Waals surface area contributed by atoms with Crippen LogP contribution in [-0.4, -0.2) is 20.2 Å². The zero-order valence-corrected chi connectivity index (χ0v) is 9.64. The molecule has 0 fully saturated rings. The summed E-state index contributed by atoms with van der Waals surface area (Å²) in [4.78, 5) is 0. The largest absolute Gasteiger partial charge is 0.469 e. The second kappa shape index (κ2) is 4.44. The molecule has 0 spiro atoms. The highest BCUT2D eigenvalue weighted by molar-refractivity contribution is 5.15. The molecule has 0 bridgehead atoms. The zero-order valence-electron chi connectivity index (χ0n) is 9.64. The fraction of sp³-hybridized carbons (Fsp3) is 0.500. The molecule has 2 heterocycles. The number of rotatable bonds is 4. The zero-order chi connectivity index (χ0) is 11.5. The van der Waals surface area contributed by atoms with Crippen molar-refractivity contribution in [2.24, 2.45) is 7.05 Å². The standard InChI is InChI=1S/C10H15N5O/c1-7(10-12-13-14-15(10)3)11-6-9-4-5-16-8(9)2/h4-5,7,11H,6H2,1-3H3. The summed E-state index contributed by atoms with van der Waals surface area (Å²) in [6.45, 7) is 4.73. The van der Waals surface area contributed by atoms with Crippen molar-refractivity contribution in [1.82, 2.24) is 25.5 Å². The van der Waals surface area contributed by atoms with Gasteiger partial charge in [-0.3, -0.25) is 0 Å². The molecule has 1 unspecified atom stereocenters. The summed E-state index contributed by atoms with van der Waals surface area (Å²) in [7, 11) is 1.83. The number of aromatic nitrogens is 4. The van der Waals surface area contributed by atoms with E-state index in [9.17, 15) is 0 Å². The van der Waals surface area contributed by atoms with Gasteiger partial charge in [0.15, 0.2) is 5.82 Å². The van der Waals surface area contributed by atoms with Gasteiger partial charge in [-0.05, 0) is 30.3 Å². The van der Waals surface area contributed by atoms with Gasteiger partial charge in [-0.15, -0.1) is 5.10 Å². The smallest absolute Gasteiger partial charge is 0.167 e. The highest BCUT2D eigenvalue weighted by Crippen LogP contribution is 2.11. The minimum atomic E-state index is 0.106. The predicted octanol–water partition coefficient (Wildman–Crippen LogP) is 0.962. The highest BCUT2D eigenvalue weighted by Gasteiger charge is 2.12. The number of tetrazole rings is 1. The molecular weight excluding hydrogens is 206 g/mol. The molecule has 6 nitrogen and oxygen atoms in total. The first-order valence-electron chi connectivity index (χ1n) is 5.17. The van der Waals surface area contributed by atoms with Crippen molar-refractivity contribution in [2.75, 3.05) is 0 Å². The Hall–Kier alpha value is -1.69. The number of hydrogen-bond acceptors (Lipinski definition) is 5. The Kier molecular flexibility index (Phi) is 3.00. The molecule has 0 aliphatic rings. The van der Waals surface area contributed by atoms with Crippen molar-refractivity contribution in [3.05, 3.63) is 29.5 Å². The molecule has 86 valence electrons. The highest BCUT2D eigenvalue weighted by atomic mass is 16.3. The summed E-state index contributed by atoms with van der Waals surface area (Å²) < 4.78 is 6.89. The minimum Gasteiger partial charge on any atom is -0.469 e. The van der Waals surface area contributed by atoms with Gasteiger partial charge < -0.3 is 9.73 Å². The van der Waals surface area contributed by atoms with Gasteiger partial charge in [0.25, 0.3) is 0 Å². The van der Waals surface area contributed by atoms with Crippen LogP contribution in [0.4, 0.5) is 0 Å². The quantitative estimate of drug-likeness (QED) is 0.832. The van der Waals surface area contributed by atoms with E-state index in [2.05, 4.69) is 20.8 Å². The van der Waals surface area contributed by atoms with Crippen LogP contribution in [0.5, 0.6) is 0 Å². The Bertz CT molecular complexity index is 461. The Morgan fingerprint density at radius 2 is 2.38 bits per heavy atom. The molecule has 0 saturated heterocycles. The van der Waals surface area contributed by atoms with E-state index >= 15 is 0 Å². The van der Waals surface area contributed by atoms with E-state index in [4.69, 9.17) is 4.42 Å². The van der Waals surface area contributed by atoms with E-state index in [1.165, 1.54) is 0 Å². The normalized spacial score (nSPS) is 12.9. The molecule has 2 aromatic rings. The van der Waals surface area contributed by atoms with E-state index in [0.29, 0.717) is 0 Å². The summed E-state index contributed by atoms with van der Waals surface area (Å²) in [5, 5.41) is 14.7. The van der Waals surface area contributed by atoms with Gasteiger partial charge >= 0.3 is 0 Å². The van der Waals surface area contributed by atoms with E-state index in [0.717, 1.165) is 23.7 Å². The van der Waals surface area contributed by atoms with Crippen molar-refractivity contribution in [3.8, 4) is 0 Å². The Labute approximate surface area is 93.6 Å². The lowest BCUT2D eigenvalue weighted by molar-refractivity contribution is 0.501. The summed E-state index contributed by atoms with van der Waals surface area (Å²) in [6.07, 6.45) is 1.70. The third-order valence-electron chi connectivity index (χ3n) is 2.61. The molecular formula is C10H15N5O. The maximum Gasteiger partial charge on any atom is 0.167 e. The number of hydrogen-bond donors (Lipinski definition) is 1. The van der Waals surface area contributed by atoms with Crippen LogP contribution < -0.4 is 5.32 Å². The summed E-state index contributed by atoms with van der Waals surface area (Å²) >= 11 is 0. The Balaban J connectivity index is 1.97. The van der Waals surface area contributed by atoms with Crippen LogP contribution in [-0.2, 0) is 13.6 Å². The minimum absolute atomic E-state index is 0.106. The summed E-state index contributed by atoms with van der Waals surface area (Å²) in [6, 6.07) is 2.07. The lowest BCUT2D eigenvalue weighted by Crippen LogP contribution is -2.21. The Morgan fingerprint density at radius 1 is 1.56 bits per heavy atom. The number of aryl methyl sites for hydroxylation is 2. The summed E-state index contributed by atoms with van der Waals surface area (Å²) in [5.41, 5.74) is 1.15. The summed E-state index contributed by atoms with van der Waals surface area (Å²) in [5.74, 6) is 1.76. The van der Waals surface area contributed by atoms with Crippen LogP contribution in [0.25, 0.3) is 0 Å². The molecule has 0 aliphatic heterocycles. The lowest BCUT2D eigenvalue weighted by Gasteiger charge is -2.11. The maximum atomic E-state index is 5.23. The van der Waals surface area contributed by atoms with E-state index in [1.807, 2.05) is 27.0 Å². The van der Waals surface area contributed by atoms with Crippen LogP contribution in [0.15, 0.2) is 16.7 Å². The molecule has 2 rings (SSSR count). The molecule has 0 aromatic carbocycles. The van der Waals surface area contributed by atoms with Crippen LogP contribution in [0, 0.1) is 6.92 Å². The molecule has 0 radical (unpaired) electrons. The first-order valence-corrected chi connectivity index (χ1v) is 5.17. The van der Waals surface area contributed by atoms with Gasteiger partial charge in [0.1, 0.15) is 5.76 Å². The number of nitrogens with zero attached hydrogens (tertiary/aromatic N) is 4. The number of furan rings is 1. The third kappa shape index (κ3) is 2.11. The molecule has 16 heavy (non-hydrogen) atoms.